The third-order valence-corrected chi connectivity index (χ3v) is 3.88. The number of rotatable bonds is 5. The van der Waals surface area contributed by atoms with Crippen molar-refractivity contribution in [1.29, 1.82) is 0 Å². The van der Waals surface area contributed by atoms with Crippen molar-refractivity contribution in [3.63, 3.8) is 0 Å². The van der Waals surface area contributed by atoms with Gasteiger partial charge in [-0.15, -0.1) is 6.42 Å². The lowest BCUT2D eigenvalue weighted by Gasteiger charge is -2.11. The summed E-state index contributed by atoms with van der Waals surface area (Å²) in [7, 11) is -3.63. The monoisotopic (exact) mass is 280 g/mol. The number of terminal acetylenes is 1. The minimum Gasteiger partial charge on any atom is -0.326 e. The smallest absolute Gasteiger partial charge is 0.241 e. The lowest BCUT2D eigenvalue weighted by Crippen LogP contribution is -2.33. The van der Waals surface area contributed by atoms with Crippen molar-refractivity contribution in [2.75, 3.05) is 5.32 Å². The normalized spacial score (nSPS) is 12.5. The van der Waals surface area contributed by atoms with E-state index < -0.39 is 16.1 Å². The van der Waals surface area contributed by atoms with Gasteiger partial charge in [0, 0.05) is 12.6 Å². The fourth-order valence-electron chi connectivity index (χ4n) is 1.41. The van der Waals surface area contributed by atoms with E-state index in [-0.39, 0.29) is 10.8 Å². The number of carbonyl (C=O) groups excluding carboxylic acids is 1. The summed E-state index contributed by atoms with van der Waals surface area (Å²) < 4.78 is 26.4. The maximum atomic E-state index is 12.0. The van der Waals surface area contributed by atoms with Gasteiger partial charge >= 0.3 is 0 Å². The number of carbonyl (C=O) groups is 1. The zero-order valence-electron chi connectivity index (χ0n) is 10.8. The molecule has 1 aromatic rings. The highest BCUT2D eigenvalue weighted by molar-refractivity contribution is 7.89. The molecule has 1 atom stereocenters. The first-order valence-corrected chi connectivity index (χ1v) is 7.23. The largest absolute Gasteiger partial charge is 0.326 e. The fourth-order valence-corrected chi connectivity index (χ4v) is 2.65. The van der Waals surface area contributed by atoms with Crippen molar-refractivity contribution in [2.45, 2.75) is 31.2 Å². The molecule has 0 radical (unpaired) electrons. The van der Waals surface area contributed by atoms with E-state index in [0.29, 0.717) is 12.1 Å². The molecule has 0 spiro atoms. The van der Waals surface area contributed by atoms with Crippen molar-refractivity contribution in [3.05, 3.63) is 24.3 Å². The van der Waals surface area contributed by atoms with Gasteiger partial charge in [-0.05, 0) is 30.7 Å². The lowest BCUT2D eigenvalue weighted by molar-refractivity contribution is -0.114. The molecule has 0 heterocycles. The van der Waals surface area contributed by atoms with Crippen LogP contribution in [-0.4, -0.2) is 20.4 Å². The maximum absolute atomic E-state index is 12.0. The number of hydrogen-bond acceptors (Lipinski definition) is 3. The van der Waals surface area contributed by atoms with Gasteiger partial charge < -0.3 is 5.32 Å². The van der Waals surface area contributed by atoms with Gasteiger partial charge in [-0.3, -0.25) is 4.79 Å². The average molecular weight is 280 g/mol. The van der Waals surface area contributed by atoms with Crippen LogP contribution in [0.2, 0.25) is 0 Å². The average Bonchev–Trinajstić information content (AvgIpc) is 2.36. The number of benzene rings is 1. The van der Waals surface area contributed by atoms with Crippen molar-refractivity contribution in [1.82, 2.24) is 4.72 Å². The molecule has 0 aromatic heterocycles. The van der Waals surface area contributed by atoms with Gasteiger partial charge in [0.2, 0.25) is 15.9 Å². The second-order valence-corrected chi connectivity index (χ2v) is 5.67. The Labute approximate surface area is 113 Å². The molecule has 1 aromatic carbocycles. The summed E-state index contributed by atoms with van der Waals surface area (Å²) in [5.41, 5.74) is 0.537. The number of anilines is 1. The Hall–Kier alpha value is -1.84. The Balaban J connectivity index is 2.91. The lowest BCUT2D eigenvalue weighted by atomic mass is 10.3. The Kier molecular flexibility index (Phi) is 5.10. The quantitative estimate of drug-likeness (QED) is 0.799. The minimum atomic E-state index is -3.63. The molecule has 102 valence electrons. The Morgan fingerprint density at radius 3 is 2.37 bits per heavy atom. The highest BCUT2D eigenvalue weighted by Crippen LogP contribution is 2.14. The highest BCUT2D eigenvalue weighted by Gasteiger charge is 2.17. The molecular formula is C13H16N2O3S. The van der Waals surface area contributed by atoms with E-state index in [9.17, 15) is 13.2 Å². The molecule has 2 N–H and O–H groups in total. The molecule has 0 aliphatic carbocycles. The molecular weight excluding hydrogens is 264 g/mol. The van der Waals surface area contributed by atoms with Crippen molar-refractivity contribution >= 4 is 21.6 Å². The molecule has 0 aliphatic heterocycles. The van der Waals surface area contributed by atoms with Crippen LogP contribution in [-0.2, 0) is 14.8 Å². The summed E-state index contributed by atoms with van der Waals surface area (Å²) in [5, 5.41) is 2.56. The second kappa shape index (κ2) is 6.36. The van der Waals surface area contributed by atoms with E-state index in [4.69, 9.17) is 6.42 Å². The van der Waals surface area contributed by atoms with Crippen molar-refractivity contribution in [2.24, 2.45) is 0 Å². The fraction of sp³-hybridized carbons (Fsp3) is 0.308. The zero-order chi connectivity index (χ0) is 14.5. The molecule has 0 bridgehead atoms. The number of amides is 1. The summed E-state index contributed by atoms with van der Waals surface area (Å²) in [6.07, 6.45) is 5.74. The van der Waals surface area contributed by atoms with E-state index in [2.05, 4.69) is 16.0 Å². The highest BCUT2D eigenvalue weighted by atomic mass is 32.2. The first-order chi connectivity index (χ1) is 8.89. The van der Waals surface area contributed by atoms with Crippen LogP contribution in [0, 0.1) is 12.3 Å². The van der Waals surface area contributed by atoms with Crippen LogP contribution in [0.25, 0.3) is 0 Å². The SMILES string of the molecule is C#CC(CC)NS(=O)(=O)c1ccc(NC(C)=O)cc1. The molecule has 1 amide bonds. The Bertz CT molecular complexity index is 585. The number of nitrogens with one attached hydrogen (secondary N) is 2. The van der Waals surface area contributed by atoms with Crippen LogP contribution < -0.4 is 10.0 Å². The van der Waals surface area contributed by atoms with Crippen LogP contribution in [0.5, 0.6) is 0 Å². The van der Waals surface area contributed by atoms with Crippen LogP contribution in [0.3, 0.4) is 0 Å². The van der Waals surface area contributed by atoms with Crippen LogP contribution >= 0.6 is 0 Å². The number of sulfonamides is 1. The van der Waals surface area contributed by atoms with E-state index in [0.717, 1.165) is 0 Å². The molecule has 1 unspecified atom stereocenters. The topological polar surface area (TPSA) is 75.3 Å². The van der Waals surface area contributed by atoms with Crippen molar-refractivity contribution < 1.29 is 13.2 Å². The third kappa shape index (κ3) is 4.39. The first-order valence-electron chi connectivity index (χ1n) is 5.75. The molecule has 0 fully saturated rings. The molecule has 6 heteroatoms. The second-order valence-electron chi connectivity index (χ2n) is 3.95. The van der Waals surface area contributed by atoms with E-state index in [1.165, 1.54) is 31.2 Å². The molecule has 19 heavy (non-hydrogen) atoms. The Morgan fingerprint density at radius 2 is 1.95 bits per heavy atom. The van der Waals surface area contributed by atoms with Crippen LogP contribution in [0.1, 0.15) is 20.3 Å². The van der Waals surface area contributed by atoms with Gasteiger partial charge in [0.15, 0.2) is 0 Å². The molecule has 0 aliphatic rings. The van der Waals surface area contributed by atoms with Gasteiger partial charge in [-0.1, -0.05) is 12.8 Å². The zero-order valence-corrected chi connectivity index (χ0v) is 11.6. The predicted molar refractivity (Wildman–Crippen MR) is 74.0 cm³/mol. The van der Waals surface area contributed by atoms with Gasteiger partial charge in [0.25, 0.3) is 0 Å². The van der Waals surface area contributed by atoms with Gasteiger partial charge in [-0.25, -0.2) is 8.42 Å². The molecule has 0 saturated carbocycles. The van der Waals surface area contributed by atoms with Crippen molar-refractivity contribution in [3.8, 4) is 12.3 Å². The minimum absolute atomic E-state index is 0.107. The van der Waals surface area contributed by atoms with Crippen LogP contribution in [0.4, 0.5) is 5.69 Å². The summed E-state index contributed by atoms with van der Waals surface area (Å²) >= 11 is 0. The molecule has 0 saturated heterocycles. The molecule has 5 nitrogen and oxygen atoms in total. The summed E-state index contributed by atoms with van der Waals surface area (Å²) in [6.45, 7) is 3.18. The van der Waals surface area contributed by atoms with Gasteiger partial charge in [0.05, 0.1) is 10.9 Å². The van der Waals surface area contributed by atoms with E-state index >= 15 is 0 Å². The maximum Gasteiger partial charge on any atom is 0.241 e. The summed E-state index contributed by atoms with van der Waals surface area (Å²) in [6, 6.07) is 5.34. The Morgan fingerprint density at radius 1 is 1.37 bits per heavy atom. The third-order valence-electron chi connectivity index (χ3n) is 2.39. The van der Waals surface area contributed by atoms with E-state index in [1.54, 1.807) is 6.92 Å². The molecule has 1 rings (SSSR count). The van der Waals surface area contributed by atoms with Crippen LogP contribution in [0.15, 0.2) is 29.2 Å². The first kappa shape index (κ1) is 15.2. The standard InChI is InChI=1S/C13H16N2O3S/c1-4-11(5-2)15-19(17,18)13-8-6-12(7-9-13)14-10(3)16/h1,6-9,11,15H,5H2,2-3H3,(H,14,16). The van der Waals surface area contributed by atoms with E-state index in [1.807, 2.05) is 0 Å². The predicted octanol–water partition coefficient (Wildman–Crippen LogP) is 1.34. The van der Waals surface area contributed by atoms with Gasteiger partial charge in [0.1, 0.15) is 0 Å². The summed E-state index contributed by atoms with van der Waals surface area (Å²) in [5.74, 6) is 2.15. The number of hydrogen-bond donors (Lipinski definition) is 2. The summed E-state index contributed by atoms with van der Waals surface area (Å²) in [4.78, 5) is 11.0. The van der Waals surface area contributed by atoms with Gasteiger partial charge in [-0.2, -0.15) is 4.72 Å².